The van der Waals surface area contributed by atoms with E-state index in [2.05, 4.69) is 10.6 Å². The molecule has 2 N–H and O–H groups in total. The molecule has 0 unspecified atom stereocenters. The van der Waals surface area contributed by atoms with E-state index in [-0.39, 0.29) is 6.03 Å². The summed E-state index contributed by atoms with van der Waals surface area (Å²) in [5.41, 5.74) is 2.00. The van der Waals surface area contributed by atoms with Crippen molar-refractivity contribution < 1.29 is 4.79 Å². The lowest BCUT2D eigenvalue weighted by Crippen LogP contribution is -2.29. The quantitative estimate of drug-likeness (QED) is 0.571. The molecule has 0 aliphatic rings. The van der Waals surface area contributed by atoms with Crippen molar-refractivity contribution in [3.63, 3.8) is 0 Å². The Labute approximate surface area is 114 Å². The van der Waals surface area contributed by atoms with Crippen LogP contribution in [0.2, 0.25) is 0 Å². The van der Waals surface area contributed by atoms with E-state index in [1.54, 1.807) is 0 Å². The molecule has 1 rings (SSSR count). The van der Waals surface area contributed by atoms with E-state index < -0.39 is 0 Å². The summed E-state index contributed by atoms with van der Waals surface area (Å²) in [7, 11) is 0. The predicted octanol–water partition coefficient (Wildman–Crippen LogP) is 3.92. The molecule has 2 amide bonds. The molecule has 0 atom stereocenters. The van der Waals surface area contributed by atoms with Gasteiger partial charge in [0.2, 0.25) is 0 Å². The first-order valence-electron chi connectivity index (χ1n) is 6.40. The van der Waals surface area contributed by atoms with Crippen LogP contribution in [0.4, 0.5) is 10.5 Å². The average Bonchev–Trinajstić information content (AvgIpc) is 2.36. The number of rotatable bonds is 7. The van der Waals surface area contributed by atoms with E-state index in [1.807, 2.05) is 31.2 Å². The Kier molecular flexibility index (Phi) is 7.26. The normalized spacial score (nSPS) is 10.1. The molecule has 0 heterocycles. The van der Waals surface area contributed by atoms with Crippen molar-refractivity contribution in [2.24, 2.45) is 0 Å². The highest BCUT2D eigenvalue weighted by molar-refractivity contribution is 6.17. The average molecular weight is 269 g/mol. The van der Waals surface area contributed by atoms with E-state index in [0.29, 0.717) is 6.54 Å². The molecule has 0 saturated heterocycles. The van der Waals surface area contributed by atoms with Crippen molar-refractivity contribution in [1.82, 2.24) is 5.32 Å². The molecule has 100 valence electrons. The Balaban J connectivity index is 2.12. The van der Waals surface area contributed by atoms with E-state index in [1.165, 1.54) is 5.56 Å². The van der Waals surface area contributed by atoms with Crippen molar-refractivity contribution in [3.05, 3.63) is 29.8 Å². The third-order valence-electron chi connectivity index (χ3n) is 2.66. The number of amides is 2. The SMILES string of the molecule is Cc1ccc(NC(=O)NCCCCCCCl)cc1. The van der Waals surface area contributed by atoms with E-state index in [0.717, 1.165) is 37.3 Å². The molecule has 18 heavy (non-hydrogen) atoms. The van der Waals surface area contributed by atoms with Gasteiger partial charge in [0, 0.05) is 18.1 Å². The van der Waals surface area contributed by atoms with E-state index in [9.17, 15) is 4.79 Å². The summed E-state index contributed by atoms with van der Waals surface area (Å²) in [6, 6.07) is 7.60. The number of halogens is 1. The fourth-order valence-electron chi connectivity index (χ4n) is 1.59. The number of nitrogens with one attached hydrogen (secondary N) is 2. The maximum absolute atomic E-state index is 11.5. The molecule has 0 aliphatic heterocycles. The zero-order valence-corrected chi connectivity index (χ0v) is 11.6. The summed E-state index contributed by atoms with van der Waals surface area (Å²) in [4.78, 5) is 11.5. The monoisotopic (exact) mass is 268 g/mol. The zero-order valence-electron chi connectivity index (χ0n) is 10.8. The first-order chi connectivity index (χ1) is 8.72. The molecule has 1 aromatic rings. The number of alkyl halides is 1. The number of hydrogen-bond acceptors (Lipinski definition) is 1. The van der Waals surface area contributed by atoms with Gasteiger partial charge in [-0.05, 0) is 31.9 Å². The molecule has 0 aliphatic carbocycles. The minimum absolute atomic E-state index is 0.142. The largest absolute Gasteiger partial charge is 0.338 e. The van der Waals surface area contributed by atoms with Crippen LogP contribution in [0.25, 0.3) is 0 Å². The molecule has 0 spiro atoms. The Morgan fingerprint density at radius 2 is 1.78 bits per heavy atom. The number of carbonyl (C=O) groups is 1. The van der Waals surface area contributed by atoms with E-state index in [4.69, 9.17) is 11.6 Å². The highest BCUT2D eigenvalue weighted by atomic mass is 35.5. The zero-order chi connectivity index (χ0) is 13.2. The number of hydrogen-bond donors (Lipinski definition) is 2. The summed E-state index contributed by atoms with van der Waals surface area (Å²) in [6.07, 6.45) is 4.29. The second kappa shape index (κ2) is 8.81. The Morgan fingerprint density at radius 1 is 1.11 bits per heavy atom. The summed E-state index contributed by atoms with van der Waals surface area (Å²) in [5, 5.41) is 5.64. The highest BCUT2D eigenvalue weighted by Crippen LogP contribution is 2.08. The lowest BCUT2D eigenvalue weighted by Gasteiger charge is -2.07. The van der Waals surface area contributed by atoms with Crippen LogP contribution in [0.3, 0.4) is 0 Å². The molecule has 4 heteroatoms. The summed E-state index contributed by atoms with van der Waals surface area (Å²) >= 11 is 5.59. The van der Waals surface area contributed by atoms with Gasteiger partial charge in [-0.2, -0.15) is 0 Å². The van der Waals surface area contributed by atoms with Gasteiger partial charge in [-0.25, -0.2) is 4.79 Å². The molecule has 0 saturated carbocycles. The Morgan fingerprint density at radius 3 is 2.44 bits per heavy atom. The van der Waals surface area contributed by atoms with Gasteiger partial charge >= 0.3 is 6.03 Å². The molecule has 1 aromatic carbocycles. The molecule has 0 fully saturated rings. The maximum Gasteiger partial charge on any atom is 0.319 e. The standard InChI is InChI=1S/C14H21ClN2O/c1-12-6-8-13(9-7-12)17-14(18)16-11-5-3-2-4-10-15/h6-9H,2-5,10-11H2,1H3,(H2,16,17,18). The molecule has 0 bridgehead atoms. The van der Waals surface area contributed by atoms with Crippen LogP contribution in [0, 0.1) is 6.92 Å². The van der Waals surface area contributed by atoms with E-state index >= 15 is 0 Å². The van der Waals surface area contributed by atoms with Crippen molar-refractivity contribution >= 4 is 23.3 Å². The fraction of sp³-hybridized carbons (Fsp3) is 0.500. The number of urea groups is 1. The number of carbonyl (C=O) groups excluding carboxylic acids is 1. The minimum Gasteiger partial charge on any atom is -0.338 e. The predicted molar refractivity (Wildman–Crippen MR) is 77.4 cm³/mol. The smallest absolute Gasteiger partial charge is 0.319 e. The first kappa shape index (κ1) is 14.8. The van der Waals surface area contributed by atoms with Crippen LogP contribution in [-0.4, -0.2) is 18.5 Å². The van der Waals surface area contributed by atoms with Crippen molar-refractivity contribution in [1.29, 1.82) is 0 Å². The van der Waals surface area contributed by atoms with Gasteiger partial charge in [0.1, 0.15) is 0 Å². The topological polar surface area (TPSA) is 41.1 Å². The fourth-order valence-corrected chi connectivity index (χ4v) is 1.78. The van der Waals surface area contributed by atoms with Gasteiger partial charge in [0.05, 0.1) is 0 Å². The van der Waals surface area contributed by atoms with Crippen molar-refractivity contribution in [2.45, 2.75) is 32.6 Å². The van der Waals surface area contributed by atoms with Gasteiger partial charge in [-0.1, -0.05) is 30.5 Å². The molecule has 0 aromatic heterocycles. The summed E-state index contributed by atoms with van der Waals surface area (Å²) in [6.45, 7) is 2.73. The first-order valence-corrected chi connectivity index (χ1v) is 6.93. The van der Waals surface area contributed by atoms with Gasteiger partial charge in [-0.3, -0.25) is 0 Å². The highest BCUT2D eigenvalue weighted by Gasteiger charge is 2.00. The Bertz CT molecular complexity index is 351. The molecular weight excluding hydrogens is 248 g/mol. The lowest BCUT2D eigenvalue weighted by atomic mass is 10.2. The molecule has 3 nitrogen and oxygen atoms in total. The second-order valence-electron chi connectivity index (χ2n) is 4.35. The number of aryl methyl sites for hydroxylation is 1. The third-order valence-corrected chi connectivity index (χ3v) is 2.92. The number of anilines is 1. The lowest BCUT2D eigenvalue weighted by molar-refractivity contribution is 0.252. The van der Waals surface area contributed by atoms with Crippen LogP contribution in [-0.2, 0) is 0 Å². The van der Waals surface area contributed by atoms with Gasteiger partial charge in [-0.15, -0.1) is 11.6 Å². The van der Waals surface area contributed by atoms with Crippen molar-refractivity contribution in [2.75, 3.05) is 17.7 Å². The maximum atomic E-state index is 11.5. The molecule has 0 radical (unpaired) electrons. The van der Waals surface area contributed by atoms with Gasteiger partial charge in [0.25, 0.3) is 0 Å². The minimum atomic E-state index is -0.142. The summed E-state index contributed by atoms with van der Waals surface area (Å²) < 4.78 is 0. The van der Waals surface area contributed by atoms with Crippen LogP contribution in [0.15, 0.2) is 24.3 Å². The van der Waals surface area contributed by atoms with Crippen LogP contribution in [0.1, 0.15) is 31.2 Å². The number of unbranched alkanes of at least 4 members (excludes halogenated alkanes) is 3. The second-order valence-corrected chi connectivity index (χ2v) is 4.73. The van der Waals surface area contributed by atoms with Crippen molar-refractivity contribution in [3.8, 4) is 0 Å². The number of benzene rings is 1. The Hall–Kier alpha value is -1.22. The van der Waals surface area contributed by atoms with Crippen LogP contribution in [0.5, 0.6) is 0 Å². The van der Waals surface area contributed by atoms with Gasteiger partial charge in [0.15, 0.2) is 0 Å². The van der Waals surface area contributed by atoms with Crippen LogP contribution < -0.4 is 10.6 Å². The van der Waals surface area contributed by atoms with Crippen LogP contribution >= 0.6 is 11.6 Å². The van der Waals surface area contributed by atoms with Gasteiger partial charge < -0.3 is 10.6 Å². The summed E-state index contributed by atoms with van der Waals surface area (Å²) in [5.74, 6) is 0.724. The molecular formula is C14H21ClN2O. The third kappa shape index (κ3) is 6.50.